The Hall–Kier alpha value is -2.44. The first kappa shape index (κ1) is 15.8. The third kappa shape index (κ3) is 2.66. The summed E-state index contributed by atoms with van der Waals surface area (Å²) in [4.78, 5) is 15.8. The summed E-state index contributed by atoms with van der Waals surface area (Å²) in [5.41, 5.74) is 4.54. The zero-order valence-electron chi connectivity index (χ0n) is 14.6. The Morgan fingerprint density at radius 3 is 3.15 bits per heavy atom. The number of para-hydroxylation sites is 1. The molecule has 1 saturated heterocycles. The van der Waals surface area contributed by atoms with Gasteiger partial charge in [0.15, 0.2) is 0 Å². The fourth-order valence-electron chi connectivity index (χ4n) is 4.15. The fourth-order valence-corrected chi connectivity index (χ4v) is 4.15. The molecule has 2 unspecified atom stereocenters. The number of hydrogen-bond acceptors (Lipinski definition) is 4. The predicted octanol–water partition coefficient (Wildman–Crippen LogP) is 1.94. The van der Waals surface area contributed by atoms with Gasteiger partial charge in [-0.3, -0.25) is 4.79 Å². The van der Waals surface area contributed by atoms with Crippen LogP contribution in [0.2, 0.25) is 0 Å². The summed E-state index contributed by atoms with van der Waals surface area (Å²) >= 11 is 0. The van der Waals surface area contributed by atoms with Crippen molar-refractivity contribution in [2.24, 2.45) is 0 Å². The fraction of sp³-hybridized carbons (Fsp3) is 0.400. The highest BCUT2D eigenvalue weighted by atomic mass is 16.5. The van der Waals surface area contributed by atoms with E-state index in [9.17, 15) is 4.79 Å². The summed E-state index contributed by atoms with van der Waals surface area (Å²) in [6.07, 6.45) is 5.08. The van der Waals surface area contributed by atoms with Crippen molar-refractivity contribution < 1.29 is 4.74 Å². The number of aromatic amines is 1. The number of nitrogens with one attached hydrogen (secondary N) is 2. The summed E-state index contributed by atoms with van der Waals surface area (Å²) in [7, 11) is 0. The highest BCUT2D eigenvalue weighted by Crippen LogP contribution is 2.23. The van der Waals surface area contributed by atoms with Crippen molar-refractivity contribution in [2.75, 3.05) is 13.2 Å². The summed E-state index contributed by atoms with van der Waals surface area (Å²) < 4.78 is 7.33. The molecular weight excluding hydrogens is 328 g/mol. The zero-order valence-corrected chi connectivity index (χ0v) is 14.6. The van der Waals surface area contributed by atoms with Gasteiger partial charge >= 0.3 is 0 Å². The molecule has 0 bridgehead atoms. The summed E-state index contributed by atoms with van der Waals surface area (Å²) in [6.45, 7) is 1.85. The molecule has 5 rings (SSSR count). The number of hydrogen-bond donors (Lipinski definition) is 2. The van der Waals surface area contributed by atoms with Gasteiger partial charge in [-0.25, -0.2) is 4.68 Å². The van der Waals surface area contributed by atoms with Gasteiger partial charge in [0.05, 0.1) is 31.0 Å². The van der Waals surface area contributed by atoms with E-state index in [0.717, 1.165) is 42.6 Å². The van der Waals surface area contributed by atoms with Crippen LogP contribution < -0.4 is 10.9 Å². The van der Waals surface area contributed by atoms with Gasteiger partial charge in [0.25, 0.3) is 5.56 Å². The van der Waals surface area contributed by atoms with Gasteiger partial charge in [-0.2, -0.15) is 5.10 Å². The van der Waals surface area contributed by atoms with E-state index in [0.29, 0.717) is 13.2 Å². The number of aromatic nitrogens is 3. The van der Waals surface area contributed by atoms with E-state index in [1.165, 1.54) is 10.9 Å². The number of fused-ring (bicyclic) bond motifs is 2. The molecule has 0 amide bonds. The van der Waals surface area contributed by atoms with Crippen LogP contribution in [0.1, 0.15) is 29.3 Å². The average Bonchev–Trinajstić information content (AvgIpc) is 3.38. The van der Waals surface area contributed by atoms with Gasteiger partial charge in [0, 0.05) is 29.7 Å². The number of ether oxygens (including phenoxy) is 1. The van der Waals surface area contributed by atoms with Crippen LogP contribution in [0.15, 0.2) is 41.3 Å². The number of benzene rings is 1. The molecule has 6 heteroatoms. The quantitative estimate of drug-likeness (QED) is 0.754. The zero-order chi connectivity index (χ0) is 17.5. The molecule has 2 atom stereocenters. The molecule has 0 radical (unpaired) electrons. The molecule has 3 heterocycles. The minimum Gasteiger partial charge on any atom is -0.377 e. The van der Waals surface area contributed by atoms with Crippen LogP contribution in [0.4, 0.5) is 0 Å². The molecule has 1 aliphatic heterocycles. The van der Waals surface area contributed by atoms with E-state index >= 15 is 0 Å². The third-order valence-corrected chi connectivity index (χ3v) is 5.58. The molecule has 26 heavy (non-hydrogen) atoms. The molecule has 134 valence electrons. The topological polar surface area (TPSA) is 71.9 Å². The van der Waals surface area contributed by atoms with Gasteiger partial charge < -0.3 is 15.0 Å². The van der Waals surface area contributed by atoms with Crippen LogP contribution in [0.3, 0.4) is 0 Å². The molecule has 6 nitrogen and oxygen atoms in total. The smallest absolute Gasteiger partial charge is 0.267 e. The largest absolute Gasteiger partial charge is 0.377 e. The number of nitrogens with zero attached hydrogens (tertiary/aromatic N) is 2. The Morgan fingerprint density at radius 2 is 2.19 bits per heavy atom. The summed E-state index contributed by atoms with van der Waals surface area (Å²) in [5.74, 6) is 0. The Morgan fingerprint density at radius 1 is 1.27 bits per heavy atom. The number of rotatable bonds is 4. The van der Waals surface area contributed by atoms with Crippen LogP contribution in [0.25, 0.3) is 10.9 Å². The van der Waals surface area contributed by atoms with Crippen molar-refractivity contribution in [1.82, 2.24) is 20.1 Å². The summed E-state index contributed by atoms with van der Waals surface area (Å²) in [5, 5.41) is 9.46. The highest BCUT2D eigenvalue weighted by Gasteiger charge is 2.32. The monoisotopic (exact) mass is 350 g/mol. The second kappa shape index (κ2) is 6.37. The minimum atomic E-state index is -0.0568. The van der Waals surface area contributed by atoms with Crippen molar-refractivity contribution in [3.8, 4) is 0 Å². The molecular formula is C20H22N4O2. The van der Waals surface area contributed by atoms with Gasteiger partial charge in [-0.05, 0) is 36.5 Å². The lowest BCUT2D eigenvalue weighted by Gasteiger charge is -2.21. The van der Waals surface area contributed by atoms with E-state index < -0.39 is 0 Å². The van der Waals surface area contributed by atoms with Gasteiger partial charge in [-0.15, -0.1) is 0 Å². The molecule has 3 aromatic rings. The molecule has 1 aliphatic carbocycles. The third-order valence-electron chi connectivity index (χ3n) is 5.58. The van der Waals surface area contributed by atoms with Crippen LogP contribution >= 0.6 is 0 Å². The second-order valence-electron chi connectivity index (χ2n) is 7.20. The first-order chi connectivity index (χ1) is 12.8. The normalized spacial score (nSPS) is 22.2. The van der Waals surface area contributed by atoms with Crippen molar-refractivity contribution >= 4 is 10.9 Å². The molecule has 2 aromatic heterocycles. The van der Waals surface area contributed by atoms with Crippen LogP contribution in [0.5, 0.6) is 0 Å². The SMILES string of the molecule is O=c1cc2c(nn1C1COCC1NCc1c[nH]c3ccccc13)CCC2. The van der Waals surface area contributed by atoms with Crippen molar-refractivity contribution in [2.45, 2.75) is 37.9 Å². The van der Waals surface area contributed by atoms with E-state index in [1.54, 1.807) is 10.7 Å². The Labute approximate surface area is 151 Å². The first-order valence-electron chi connectivity index (χ1n) is 9.27. The predicted molar refractivity (Wildman–Crippen MR) is 99.3 cm³/mol. The second-order valence-corrected chi connectivity index (χ2v) is 7.20. The Bertz CT molecular complexity index is 1010. The van der Waals surface area contributed by atoms with Crippen molar-refractivity contribution in [3.63, 3.8) is 0 Å². The van der Waals surface area contributed by atoms with Gasteiger partial charge in [-0.1, -0.05) is 18.2 Å². The standard InChI is InChI=1S/C20H22N4O2/c25-20-8-13-4-3-7-16(13)23-24(20)19-12-26-11-18(19)22-10-14-9-21-17-6-2-1-5-15(14)17/h1-2,5-6,8-9,18-19,21-22H,3-4,7,10-12H2. The Balaban J connectivity index is 1.37. The Kier molecular flexibility index (Phi) is 3.87. The summed E-state index contributed by atoms with van der Waals surface area (Å²) in [6, 6.07) is 10.1. The van der Waals surface area contributed by atoms with E-state index in [4.69, 9.17) is 4.74 Å². The van der Waals surface area contributed by atoms with Crippen LogP contribution in [-0.4, -0.2) is 34.0 Å². The van der Waals surface area contributed by atoms with Gasteiger partial charge in [0.2, 0.25) is 0 Å². The maximum Gasteiger partial charge on any atom is 0.267 e. The molecule has 1 fully saturated rings. The lowest BCUT2D eigenvalue weighted by Crippen LogP contribution is -2.41. The number of aryl methyl sites for hydroxylation is 2. The molecule has 1 aromatic carbocycles. The molecule has 0 spiro atoms. The molecule has 2 N–H and O–H groups in total. The van der Waals surface area contributed by atoms with Crippen molar-refractivity contribution in [1.29, 1.82) is 0 Å². The number of H-pyrrole nitrogens is 1. The first-order valence-corrected chi connectivity index (χ1v) is 9.27. The minimum absolute atomic E-state index is 0.0138. The van der Waals surface area contributed by atoms with E-state index in [2.05, 4.69) is 33.6 Å². The van der Waals surface area contributed by atoms with E-state index in [1.807, 2.05) is 12.3 Å². The average molecular weight is 350 g/mol. The van der Waals surface area contributed by atoms with Crippen LogP contribution in [0, 0.1) is 0 Å². The van der Waals surface area contributed by atoms with Crippen LogP contribution in [-0.2, 0) is 24.1 Å². The molecule has 2 aliphatic rings. The highest BCUT2D eigenvalue weighted by molar-refractivity contribution is 5.82. The maximum atomic E-state index is 12.5. The lowest BCUT2D eigenvalue weighted by atomic mass is 10.1. The van der Waals surface area contributed by atoms with E-state index in [-0.39, 0.29) is 17.6 Å². The van der Waals surface area contributed by atoms with Gasteiger partial charge in [0.1, 0.15) is 0 Å². The maximum absolute atomic E-state index is 12.5. The van der Waals surface area contributed by atoms with Crippen molar-refractivity contribution in [3.05, 3.63) is 63.7 Å². The lowest BCUT2D eigenvalue weighted by molar-refractivity contribution is 0.180. The molecule has 0 saturated carbocycles.